The Bertz CT molecular complexity index is 732. The van der Waals surface area contributed by atoms with Gasteiger partial charge in [0.05, 0.1) is 19.1 Å². The van der Waals surface area contributed by atoms with Gasteiger partial charge in [-0.3, -0.25) is 4.79 Å². The molecule has 0 aliphatic carbocycles. The third kappa shape index (κ3) is 5.73. The second-order valence-corrected chi connectivity index (χ2v) is 7.21. The second kappa shape index (κ2) is 10.1. The summed E-state index contributed by atoms with van der Waals surface area (Å²) in [6.45, 7) is 5.14. The maximum atomic E-state index is 11.0. The first-order valence-electron chi connectivity index (χ1n) is 10.0. The summed E-state index contributed by atoms with van der Waals surface area (Å²) in [4.78, 5) is 13.5. The molecule has 1 heterocycles. The van der Waals surface area contributed by atoms with Gasteiger partial charge in [0.15, 0.2) is 0 Å². The molecule has 1 N–H and O–H groups in total. The van der Waals surface area contributed by atoms with E-state index in [2.05, 4.69) is 29.2 Å². The molecule has 0 saturated carbocycles. The van der Waals surface area contributed by atoms with Crippen LogP contribution in [-0.4, -0.2) is 37.4 Å². The Labute approximate surface area is 166 Å². The van der Waals surface area contributed by atoms with E-state index in [1.54, 1.807) is 0 Å². The van der Waals surface area contributed by atoms with Gasteiger partial charge >= 0.3 is 5.97 Å². The molecule has 1 unspecified atom stereocenters. The van der Waals surface area contributed by atoms with Gasteiger partial charge < -0.3 is 19.5 Å². The molecule has 2 aromatic rings. The summed E-state index contributed by atoms with van der Waals surface area (Å²) >= 11 is 0. The average Bonchev–Trinajstić information content (AvgIpc) is 2.73. The Morgan fingerprint density at radius 3 is 2.61 bits per heavy atom. The van der Waals surface area contributed by atoms with Crippen molar-refractivity contribution < 1.29 is 19.4 Å². The number of benzene rings is 2. The zero-order chi connectivity index (χ0) is 19.8. The van der Waals surface area contributed by atoms with Crippen molar-refractivity contribution in [3.05, 3.63) is 60.2 Å². The highest BCUT2D eigenvalue weighted by Gasteiger charge is 2.21. The van der Waals surface area contributed by atoms with Crippen LogP contribution in [0.25, 0.3) is 0 Å². The van der Waals surface area contributed by atoms with Crippen LogP contribution in [0.15, 0.2) is 54.6 Å². The van der Waals surface area contributed by atoms with E-state index in [0.717, 1.165) is 24.4 Å². The van der Waals surface area contributed by atoms with E-state index in [1.807, 2.05) is 37.3 Å². The molecule has 0 amide bonds. The number of para-hydroxylation sites is 1. The second-order valence-electron chi connectivity index (χ2n) is 7.21. The number of hydrogen-bond acceptors (Lipinski definition) is 4. The normalized spacial score (nSPS) is 17.9. The lowest BCUT2D eigenvalue weighted by Crippen LogP contribution is -2.37. The summed E-state index contributed by atoms with van der Waals surface area (Å²) in [6.07, 6.45) is 1.89. The van der Waals surface area contributed by atoms with E-state index in [9.17, 15) is 4.79 Å². The number of carboxylic acids is 1. The maximum absolute atomic E-state index is 11.0. The predicted octanol–water partition coefficient (Wildman–Crippen LogP) is 4.53. The van der Waals surface area contributed by atoms with Gasteiger partial charge in [0.1, 0.15) is 5.75 Å². The Balaban J connectivity index is 1.53. The number of carbonyl (C=O) groups is 1. The summed E-state index contributed by atoms with van der Waals surface area (Å²) in [5, 5.41) is 9.05. The molecule has 0 bridgehead atoms. The van der Waals surface area contributed by atoms with Crippen molar-refractivity contribution in [1.29, 1.82) is 0 Å². The fourth-order valence-electron chi connectivity index (χ4n) is 3.70. The zero-order valence-electron chi connectivity index (χ0n) is 16.4. The third-order valence-corrected chi connectivity index (χ3v) is 5.11. The highest BCUT2D eigenvalue weighted by molar-refractivity contribution is 5.67. The molecule has 2 aromatic carbocycles. The fourth-order valence-corrected chi connectivity index (χ4v) is 3.70. The summed E-state index contributed by atoms with van der Waals surface area (Å²) in [6, 6.07) is 18.1. The van der Waals surface area contributed by atoms with Gasteiger partial charge in [0.2, 0.25) is 0 Å². The van der Waals surface area contributed by atoms with Crippen molar-refractivity contribution in [3.8, 4) is 5.75 Å². The highest BCUT2D eigenvalue weighted by Crippen LogP contribution is 2.26. The first-order chi connectivity index (χ1) is 13.7. The van der Waals surface area contributed by atoms with E-state index in [0.29, 0.717) is 19.1 Å². The molecule has 3 rings (SSSR count). The van der Waals surface area contributed by atoms with Gasteiger partial charge in [-0.25, -0.2) is 0 Å². The molecule has 5 nitrogen and oxygen atoms in total. The van der Waals surface area contributed by atoms with Crippen molar-refractivity contribution in [2.75, 3.05) is 31.2 Å². The molecule has 0 spiro atoms. The van der Waals surface area contributed by atoms with Crippen LogP contribution < -0.4 is 9.64 Å². The number of hydrogen-bond donors (Lipinski definition) is 1. The number of ether oxygens (including phenoxy) is 2. The molecule has 2 atom stereocenters. The monoisotopic (exact) mass is 383 g/mol. The molecule has 5 heteroatoms. The lowest BCUT2D eigenvalue weighted by molar-refractivity contribution is -0.140. The number of anilines is 1. The average molecular weight is 383 g/mol. The minimum absolute atomic E-state index is 0.0363. The first kappa shape index (κ1) is 20.2. The van der Waals surface area contributed by atoms with Crippen LogP contribution in [0.3, 0.4) is 0 Å². The molecule has 0 radical (unpaired) electrons. The number of rotatable bonds is 9. The lowest BCUT2D eigenvalue weighted by atomic mass is 9.98. The van der Waals surface area contributed by atoms with Gasteiger partial charge in [-0.05, 0) is 49.6 Å². The summed E-state index contributed by atoms with van der Waals surface area (Å²) in [5.41, 5.74) is 2.14. The molecule has 0 aromatic heterocycles. The molecule has 1 fully saturated rings. The van der Waals surface area contributed by atoms with Crippen molar-refractivity contribution in [1.82, 2.24) is 0 Å². The molecule has 1 aliphatic heterocycles. The predicted molar refractivity (Wildman–Crippen MR) is 110 cm³/mol. The van der Waals surface area contributed by atoms with Crippen LogP contribution in [-0.2, 0) is 9.53 Å². The number of piperidine rings is 1. The fraction of sp³-hybridized carbons (Fsp3) is 0.435. The summed E-state index contributed by atoms with van der Waals surface area (Å²) in [5.74, 6) is 0.446. The largest absolute Gasteiger partial charge is 0.493 e. The SMILES string of the molecule is CCOC(CC(=O)O)c1ccc(OC[C@H]2CCCN(c3ccccc3)C2)cc1. The van der Waals surface area contributed by atoms with Crippen LogP contribution in [0.5, 0.6) is 5.75 Å². The first-order valence-corrected chi connectivity index (χ1v) is 10.0. The van der Waals surface area contributed by atoms with E-state index >= 15 is 0 Å². The zero-order valence-corrected chi connectivity index (χ0v) is 16.4. The number of aliphatic carboxylic acids is 1. The standard InChI is InChI=1S/C23H29NO4/c1-2-27-22(15-23(25)26)19-10-12-21(13-11-19)28-17-18-7-6-14-24(16-18)20-8-4-3-5-9-20/h3-5,8-13,18,22H,2,6-7,14-17H2,1H3,(H,25,26)/t18-,22?/m0/s1. The molecule has 28 heavy (non-hydrogen) atoms. The maximum Gasteiger partial charge on any atom is 0.306 e. The van der Waals surface area contributed by atoms with Crippen LogP contribution >= 0.6 is 0 Å². The number of nitrogens with zero attached hydrogens (tertiary/aromatic N) is 1. The smallest absolute Gasteiger partial charge is 0.306 e. The van der Waals surface area contributed by atoms with Crippen molar-refractivity contribution in [2.24, 2.45) is 5.92 Å². The Morgan fingerprint density at radius 1 is 1.18 bits per heavy atom. The van der Waals surface area contributed by atoms with Gasteiger partial charge in [0.25, 0.3) is 0 Å². The Morgan fingerprint density at radius 2 is 1.93 bits per heavy atom. The quantitative estimate of drug-likeness (QED) is 0.689. The molecule has 1 aliphatic rings. The summed E-state index contributed by atoms with van der Waals surface area (Å²) in [7, 11) is 0. The minimum Gasteiger partial charge on any atom is -0.493 e. The molecular formula is C23H29NO4. The highest BCUT2D eigenvalue weighted by atomic mass is 16.5. The van der Waals surface area contributed by atoms with Crippen LogP contribution in [0.4, 0.5) is 5.69 Å². The van der Waals surface area contributed by atoms with Crippen molar-refractivity contribution in [2.45, 2.75) is 32.3 Å². The van der Waals surface area contributed by atoms with Gasteiger partial charge in [-0.1, -0.05) is 30.3 Å². The van der Waals surface area contributed by atoms with E-state index in [4.69, 9.17) is 14.6 Å². The minimum atomic E-state index is -0.862. The topological polar surface area (TPSA) is 59.0 Å². The molecular weight excluding hydrogens is 354 g/mol. The van der Waals surface area contributed by atoms with E-state index in [-0.39, 0.29) is 6.42 Å². The van der Waals surface area contributed by atoms with Gasteiger partial charge in [-0.2, -0.15) is 0 Å². The van der Waals surface area contributed by atoms with Crippen LogP contribution in [0.1, 0.15) is 37.9 Å². The van der Waals surface area contributed by atoms with E-state index < -0.39 is 12.1 Å². The van der Waals surface area contributed by atoms with Crippen molar-refractivity contribution >= 4 is 11.7 Å². The molecule has 150 valence electrons. The number of carboxylic acid groups (broad SMARTS) is 1. The van der Waals surface area contributed by atoms with Gasteiger partial charge in [-0.15, -0.1) is 0 Å². The van der Waals surface area contributed by atoms with Crippen LogP contribution in [0, 0.1) is 5.92 Å². The summed E-state index contributed by atoms with van der Waals surface area (Å²) < 4.78 is 11.6. The van der Waals surface area contributed by atoms with E-state index in [1.165, 1.54) is 18.5 Å². The van der Waals surface area contributed by atoms with Crippen molar-refractivity contribution in [3.63, 3.8) is 0 Å². The Hall–Kier alpha value is -2.53. The Kier molecular flexibility index (Phi) is 7.31. The molecule has 1 saturated heterocycles. The third-order valence-electron chi connectivity index (χ3n) is 5.11. The van der Waals surface area contributed by atoms with Crippen LogP contribution in [0.2, 0.25) is 0 Å². The van der Waals surface area contributed by atoms with Gasteiger partial charge in [0, 0.05) is 31.3 Å². The lowest BCUT2D eigenvalue weighted by Gasteiger charge is -2.34.